The zero-order chi connectivity index (χ0) is 13.5. The van der Waals surface area contributed by atoms with Crippen molar-refractivity contribution in [3.8, 4) is 0 Å². The van der Waals surface area contributed by atoms with Crippen LogP contribution in [0.15, 0.2) is 12.1 Å². The number of hydrogen-bond acceptors (Lipinski definition) is 4. The monoisotopic (exact) mass is 253 g/mol. The fraction of sp³-hybridized carbons (Fsp3) is 0.500. The molecule has 0 bridgehead atoms. The molecule has 0 fully saturated rings. The van der Waals surface area contributed by atoms with Crippen LogP contribution in [0, 0.1) is 0 Å². The second-order valence-corrected chi connectivity index (χ2v) is 3.90. The van der Waals surface area contributed by atoms with Crippen molar-refractivity contribution in [2.45, 2.75) is 13.5 Å². The molecule has 0 aliphatic carbocycles. The first-order chi connectivity index (χ1) is 8.58. The zero-order valence-electron chi connectivity index (χ0n) is 10.9. The second kappa shape index (κ2) is 6.80. The van der Waals surface area contributed by atoms with Crippen LogP contribution in [-0.2, 0) is 16.1 Å². The van der Waals surface area contributed by atoms with Crippen LogP contribution in [0.3, 0.4) is 0 Å². The average molecular weight is 253 g/mol. The summed E-state index contributed by atoms with van der Waals surface area (Å²) in [6.07, 6.45) is 0. The summed E-state index contributed by atoms with van der Waals surface area (Å²) >= 11 is 0. The standard InChI is InChI=1S/C12H19N3O3/c1-4-15(2)11(16)8-13-7-9-5-6-10(14-9)12(17)18-3/h5-6,13-14H,4,7-8H2,1-3H3. The molecule has 0 spiro atoms. The second-order valence-electron chi connectivity index (χ2n) is 3.90. The van der Waals surface area contributed by atoms with Gasteiger partial charge in [0.1, 0.15) is 5.69 Å². The van der Waals surface area contributed by atoms with Crippen LogP contribution in [0.5, 0.6) is 0 Å². The summed E-state index contributed by atoms with van der Waals surface area (Å²) in [6, 6.07) is 3.44. The Hall–Kier alpha value is -1.82. The van der Waals surface area contributed by atoms with Crippen molar-refractivity contribution in [1.82, 2.24) is 15.2 Å². The molecule has 0 unspecified atom stereocenters. The fourth-order valence-corrected chi connectivity index (χ4v) is 1.39. The summed E-state index contributed by atoms with van der Waals surface area (Å²) in [6.45, 7) is 3.39. The molecule has 0 radical (unpaired) electrons. The fourth-order valence-electron chi connectivity index (χ4n) is 1.39. The first-order valence-corrected chi connectivity index (χ1v) is 5.79. The van der Waals surface area contributed by atoms with Crippen LogP contribution in [0.4, 0.5) is 0 Å². The Labute approximate surface area is 106 Å². The van der Waals surface area contributed by atoms with E-state index in [4.69, 9.17) is 0 Å². The number of carbonyl (C=O) groups excluding carboxylic acids is 2. The number of rotatable bonds is 6. The van der Waals surface area contributed by atoms with Crippen molar-refractivity contribution in [3.05, 3.63) is 23.5 Å². The van der Waals surface area contributed by atoms with Gasteiger partial charge in [-0.1, -0.05) is 0 Å². The van der Waals surface area contributed by atoms with E-state index >= 15 is 0 Å². The number of nitrogens with zero attached hydrogens (tertiary/aromatic N) is 1. The first-order valence-electron chi connectivity index (χ1n) is 5.79. The summed E-state index contributed by atoms with van der Waals surface area (Å²) in [4.78, 5) is 27.3. The molecule has 1 heterocycles. The molecule has 0 aliphatic heterocycles. The number of amides is 1. The van der Waals surface area contributed by atoms with Gasteiger partial charge in [-0.05, 0) is 19.1 Å². The number of ether oxygens (including phenoxy) is 1. The molecule has 1 rings (SSSR count). The summed E-state index contributed by atoms with van der Waals surface area (Å²) in [5.74, 6) is -0.361. The third-order valence-corrected chi connectivity index (χ3v) is 2.64. The van der Waals surface area contributed by atoms with Crippen molar-refractivity contribution in [2.75, 3.05) is 27.2 Å². The predicted molar refractivity (Wildman–Crippen MR) is 67.1 cm³/mol. The van der Waals surface area contributed by atoms with E-state index in [1.807, 2.05) is 6.92 Å². The molecule has 6 nitrogen and oxygen atoms in total. The summed E-state index contributed by atoms with van der Waals surface area (Å²) < 4.78 is 4.59. The van der Waals surface area contributed by atoms with E-state index in [9.17, 15) is 9.59 Å². The highest BCUT2D eigenvalue weighted by molar-refractivity contribution is 5.87. The molecule has 0 saturated heterocycles. The number of methoxy groups -OCH3 is 1. The maximum absolute atomic E-state index is 11.5. The minimum absolute atomic E-state index is 0.0391. The maximum atomic E-state index is 11.5. The van der Waals surface area contributed by atoms with Gasteiger partial charge in [0.15, 0.2) is 0 Å². The quantitative estimate of drug-likeness (QED) is 0.718. The highest BCUT2D eigenvalue weighted by Gasteiger charge is 2.09. The van der Waals surface area contributed by atoms with Crippen LogP contribution in [0.1, 0.15) is 23.1 Å². The van der Waals surface area contributed by atoms with Crippen molar-refractivity contribution < 1.29 is 14.3 Å². The van der Waals surface area contributed by atoms with Gasteiger partial charge in [0.25, 0.3) is 0 Å². The SMILES string of the molecule is CCN(C)C(=O)CNCc1ccc(C(=O)OC)[nH]1. The smallest absolute Gasteiger partial charge is 0.354 e. The van der Waals surface area contributed by atoms with Gasteiger partial charge in [-0.2, -0.15) is 0 Å². The predicted octanol–water partition coefficient (Wildman–Crippen LogP) is 0.369. The number of esters is 1. The van der Waals surface area contributed by atoms with Crippen molar-refractivity contribution >= 4 is 11.9 Å². The molecular weight excluding hydrogens is 234 g/mol. The lowest BCUT2D eigenvalue weighted by Gasteiger charge is -2.14. The minimum Gasteiger partial charge on any atom is -0.464 e. The van der Waals surface area contributed by atoms with Crippen LogP contribution in [-0.4, -0.2) is 49.0 Å². The Bertz CT molecular complexity index is 414. The van der Waals surface area contributed by atoms with E-state index in [1.54, 1.807) is 24.1 Å². The van der Waals surface area contributed by atoms with E-state index in [0.29, 0.717) is 18.8 Å². The number of aromatic amines is 1. The number of carbonyl (C=O) groups is 2. The number of nitrogens with one attached hydrogen (secondary N) is 2. The molecule has 1 amide bonds. The molecule has 0 aliphatic rings. The number of likely N-dealkylation sites (N-methyl/N-ethyl adjacent to an activating group) is 1. The molecule has 1 aromatic heterocycles. The van der Waals surface area contributed by atoms with Crippen molar-refractivity contribution in [1.29, 1.82) is 0 Å². The third-order valence-electron chi connectivity index (χ3n) is 2.64. The van der Waals surface area contributed by atoms with E-state index in [-0.39, 0.29) is 12.5 Å². The molecule has 100 valence electrons. The lowest BCUT2D eigenvalue weighted by Crippen LogP contribution is -2.35. The molecule has 2 N–H and O–H groups in total. The van der Waals surface area contributed by atoms with Gasteiger partial charge in [0.2, 0.25) is 5.91 Å². The maximum Gasteiger partial charge on any atom is 0.354 e. The number of aromatic nitrogens is 1. The Kier molecular flexibility index (Phi) is 5.38. The lowest BCUT2D eigenvalue weighted by molar-refractivity contribution is -0.128. The largest absolute Gasteiger partial charge is 0.464 e. The molecule has 1 aromatic rings. The highest BCUT2D eigenvalue weighted by atomic mass is 16.5. The Morgan fingerprint density at radius 1 is 1.44 bits per heavy atom. The highest BCUT2D eigenvalue weighted by Crippen LogP contribution is 2.02. The van der Waals surface area contributed by atoms with Gasteiger partial charge in [-0.15, -0.1) is 0 Å². The van der Waals surface area contributed by atoms with Crippen LogP contribution in [0.2, 0.25) is 0 Å². The van der Waals surface area contributed by atoms with Crippen LogP contribution in [0.25, 0.3) is 0 Å². The van der Waals surface area contributed by atoms with E-state index in [0.717, 1.165) is 5.69 Å². The normalized spacial score (nSPS) is 10.2. The van der Waals surface area contributed by atoms with Gasteiger partial charge in [0, 0.05) is 25.8 Å². The molecular formula is C12H19N3O3. The van der Waals surface area contributed by atoms with E-state index in [2.05, 4.69) is 15.0 Å². The molecule has 0 atom stereocenters. The van der Waals surface area contributed by atoms with Crippen LogP contribution < -0.4 is 5.32 Å². The number of H-pyrrole nitrogens is 1. The summed E-state index contributed by atoms with van der Waals surface area (Å²) in [5.41, 5.74) is 1.24. The Balaban J connectivity index is 2.38. The van der Waals surface area contributed by atoms with Crippen molar-refractivity contribution in [3.63, 3.8) is 0 Å². The Morgan fingerprint density at radius 2 is 2.17 bits per heavy atom. The third kappa shape index (κ3) is 3.89. The molecule has 18 heavy (non-hydrogen) atoms. The van der Waals surface area contributed by atoms with Gasteiger partial charge in [0.05, 0.1) is 13.7 Å². The Morgan fingerprint density at radius 3 is 2.78 bits per heavy atom. The van der Waals surface area contributed by atoms with Crippen molar-refractivity contribution in [2.24, 2.45) is 0 Å². The zero-order valence-corrected chi connectivity index (χ0v) is 10.9. The molecule has 6 heteroatoms. The van der Waals surface area contributed by atoms with Gasteiger partial charge in [-0.3, -0.25) is 4.79 Å². The topological polar surface area (TPSA) is 74.4 Å². The minimum atomic E-state index is -0.400. The van der Waals surface area contributed by atoms with Gasteiger partial charge in [-0.25, -0.2) is 4.79 Å². The molecule has 0 saturated carbocycles. The summed E-state index contributed by atoms with van der Waals surface area (Å²) in [7, 11) is 3.09. The lowest BCUT2D eigenvalue weighted by atomic mass is 10.4. The summed E-state index contributed by atoms with van der Waals surface area (Å²) in [5, 5.41) is 3.01. The van der Waals surface area contributed by atoms with E-state index < -0.39 is 5.97 Å². The van der Waals surface area contributed by atoms with Crippen LogP contribution >= 0.6 is 0 Å². The molecule has 0 aromatic carbocycles. The first kappa shape index (κ1) is 14.2. The van der Waals surface area contributed by atoms with Gasteiger partial charge >= 0.3 is 5.97 Å². The average Bonchev–Trinajstić information content (AvgIpc) is 2.85. The van der Waals surface area contributed by atoms with Gasteiger partial charge < -0.3 is 19.9 Å². The number of hydrogen-bond donors (Lipinski definition) is 2. The van der Waals surface area contributed by atoms with E-state index in [1.165, 1.54) is 7.11 Å².